The normalized spacial score (nSPS) is 10.8. The molecular formula is C13H13ClFNO2S. The summed E-state index contributed by atoms with van der Waals surface area (Å²) in [7, 11) is -3.59. The van der Waals surface area contributed by atoms with Crippen LogP contribution in [0.4, 0.5) is 4.39 Å². The van der Waals surface area contributed by atoms with Crippen LogP contribution in [0.1, 0.15) is 5.56 Å². The van der Waals surface area contributed by atoms with Crippen molar-refractivity contribution in [1.82, 2.24) is 0 Å². The molecule has 0 unspecified atom stereocenters. The van der Waals surface area contributed by atoms with E-state index in [1.807, 2.05) is 0 Å². The Bertz CT molecular complexity index is 657. The third-order valence-electron chi connectivity index (χ3n) is 2.53. The van der Waals surface area contributed by atoms with Gasteiger partial charge >= 0.3 is 0 Å². The molecule has 2 aromatic rings. The van der Waals surface area contributed by atoms with Crippen LogP contribution in [0.3, 0.4) is 0 Å². The van der Waals surface area contributed by atoms with E-state index in [2.05, 4.69) is 0 Å². The third kappa shape index (κ3) is 4.31. The van der Waals surface area contributed by atoms with Gasteiger partial charge in [0.1, 0.15) is 5.82 Å². The van der Waals surface area contributed by atoms with Crippen LogP contribution in [0.25, 0.3) is 11.1 Å². The highest BCUT2D eigenvalue weighted by Gasteiger charge is 2.10. The summed E-state index contributed by atoms with van der Waals surface area (Å²) >= 11 is 0. The first-order valence-corrected chi connectivity index (χ1v) is 7.01. The second-order valence-corrected chi connectivity index (χ2v) is 5.59. The van der Waals surface area contributed by atoms with Gasteiger partial charge in [-0.1, -0.05) is 36.4 Å². The Balaban J connectivity index is 0.00000180. The molecule has 0 aromatic heterocycles. The van der Waals surface area contributed by atoms with Crippen molar-refractivity contribution in [2.75, 3.05) is 0 Å². The number of nitrogens with two attached hydrogens (primary N) is 1. The van der Waals surface area contributed by atoms with Crippen molar-refractivity contribution in [2.24, 2.45) is 5.14 Å². The monoisotopic (exact) mass is 301 g/mol. The minimum Gasteiger partial charge on any atom is -0.228 e. The molecular weight excluding hydrogens is 289 g/mol. The van der Waals surface area contributed by atoms with Gasteiger partial charge < -0.3 is 0 Å². The number of benzene rings is 2. The topological polar surface area (TPSA) is 60.2 Å². The van der Waals surface area contributed by atoms with Gasteiger partial charge in [-0.05, 0) is 28.8 Å². The molecule has 0 radical (unpaired) electrons. The fraction of sp³-hybridized carbons (Fsp3) is 0.0769. The lowest BCUT2D eigenvalue weighted by atomic mass is 10.0. The molecule has 0 spiro atoms. The van der Waals surface area contributed by atoms with Crippen LogP contribution < -0.4 is 5.14 Å². The van der Waals surface area contributed by atoms with Crippen LogP contribution in [0.15, 0.2) is 48.5 Å². The van der Waals surface area contributed by atoms with Gasteiger partial charge in [-0.25, -0.2) is 17.9 Å². The van der Waals surface area contributed by atoms with Crippen LogP contribution >= 0.6 is 12.4 Å². The van der Waals surface area contributed by atoms with Gasteiger partial charge in [0.2, 0.25) is 10.0 Å². The highest BCUT2D eigenvalue weighted by Crippen LogP contribution is 2.24. The highest BCUT2D eigenvalue weighted by atomic mass is 35.5. The zero-order valence-electron chi connectivity index (χ0n) is 9.91. The van der Waals surface area contributed by atoms with E-state index in [1.165, 1.54) is 12.1 Å². The first-order valence-electron chi connectivity index (χ1n) is 5.30. The predicted molar refractivity (Wildman–Crippen MR) is 75.9 cm³/mol. The van der Waals surface area contributed by atoms with Crippen LogP contribution in [-0.2, 0) is 15.8 Å². The van der Waals surface area contributed by atoms with Crippen molar-refractivity contribution in [2.45, 2.75) is 5.75 Å². The van der Waals surface area contributed by atoms with Crippen molar-refractivity contribution in [3.05, 3.63) is 59.9 Å². The molecule has 0 bridgehead atoms. The maximum absolute atomic E-state index is 12.9. The maximum Gasteiger partial charge on any atom is 0.213 e. The molecule has 0 aliphatic rings. The van der Waals surface area contributed by atoms with E-state index in [0.717, 1.165) is 11.1 Å². The Hall–Kier alpha value is -1.43. The Kier molecular flexibility index (Phi) is 5.05. The molecule has 2 rings (SSSR count). The Morgan fingerprint density at radius 1 is 1.00 bits per heavy atom. The van der Waals surface area contributed by atoms with Crippen LogP contribution in [0, 0.1) is 5.82 Å². The summed E-state index contributed by atoms with van der Waals surface area (Å²) in [6.45, 7) is 0. The summed E-state index contributed by atoms with van der Waals surface area (Å²) in [6, 6.07) is 12.9. The third-order valence-corrected chi connectivity index (χ3v) is 3.24. The molecule has 0 saturated heterocycles. The summed E-state index contributed by atoms with van der Waals surface area (Å²) in [4.78, 5) is 0. The predicted octanol–water partition coefficient (Wildman–Crippen LogP) is 2.70. The quantitative estimate of drug-likeness (QED) is 0.947. The van der Waals surface area contributed by atoms with E-state index < -0.39 is 10.0 Å². The second-order valence-electron chi connectivity index (χ2n) is 3.97. The Morgan fingerprint density at radius 2 is 1.58 bits per heavy atom. The SMILES string of the molecule is Cl.NS(=O)(=O)Cc1ccccc1-c1ccc(F)cc1. The van der Waals surface area contributed by atoms with E-state index in [4.69, 9.17) is 5.14 Å². The number of hydrogen-bond acceptors (Lipinski definition) is 2. The van der Waals surface area contributed by atoms with E-state index >= 15 is 0 Å². The summed E-state index contributed by atoms with van der Waals surface area (Å²) in [5.41, 5.74) is 2.11. The minimum atomic E-state index is -3.59. The van der Waals surface area contributed by atoms with Gasteiger partial charge in [-0.2, -0.15) is 0 Å². The molecule has 0 aliphatic carbocycles. The van der Waals surface area contributed by atoms with Gasteiger partial charge in [0.15, 0.2) is 0 Å². The van der Waals surface area contributed by atoms with Crippen molar-refractivity contribution in [1.29, 1.82) is 0 Å². The first-order chi connectivity index (χ1) is 8.46. The number of sulfonamides is 1. The van der Waals surface area contributed by atoms with Gasteiger partial charge in [0.25, 0.3) is 0 Å². The Morgan fingerprint density at radius 3 is 2.16 bits per heavy atom. The van der Waals surface area contributed by atoms with Crippen molar-refractivity contribution in [3.63, 3.8) is 0 Å². The summed E-state index contributed by atoms with van der Waals surface area (Å²) in [5, 5.41) is 5.05. The smallest absolute Gasteiger partial charge is 0.213 e. The standard InChI is InChI=1S/C13H12FNO2S.ClH/c14-12-7-5-10(6-8-12)13-4-2-1-3-11(13)9-18(15,16)17;/h1-8H,9H2,(H2,15,16,17);1H. The molecule has 0 amide bonds. The van der Waals surface area contributed by atoms with E-state index in [-0.39, 0.29) is 24.0 Å². The highest BCUT2D eigenvalue weighted by molar-refractivity contribution is 7.88. The lowest BCUT2D eigenvalue weighted by molar-refractivity contribution is 0.597. The number of hydrogen-bond donors (Lipinski definition) is 1. The van der Waals surface area contributed by atoms with Gasteiger partial charge in [0.05, 0.1) is 5.75 Å². The van der Waals surface area contributed by atoms with Crippen LogP contribution in [-0.4, -0.2) is 8.42 Å². The maximum atomic E-state index is 12.9. The van der Waals surface area contributed by atoms with Crippen molar-refractivity contribution in [3.8, 4) is 11.1 Å². The van der Waals surface area contributed by atoms with E-state index in [0.29, 0.717) is 5.56 Å². The second kappa shape index (κ2) is 6.14. The minimum absolute atomic E-state index is 0. The van der Waals surface area contributed by atoms with Gasteiger partial charge in [0, 0.05) is 0 Å². The van der Waals surface area contributed by atoms with E-state index in [9.17, 15) is 12.8 Å². The average Bonchev–Trinajstić information content (AvgIpc) is 2.29. The fourth-order valence-corrected chi connectivity index (χ4v) is 2.46. The Labute approximate surface area is 117 Å². The molecule has 102 valence electrons. The fourth-order valence-electron chi connectivity index (χ4n) is 1.77. The first kappa shape index (κ1) is 15.6. The summed E-state index contributed by atoms with van der Waals surface area (Å²) < 4.78 is 35.2. The zero-order chi connectivity index (χ0) is 13.2. The zero-order valence-corrected chi connectivity index (χ0v) is 11.5. The molecule has 0 atom stereocenters. The van der Waals surface area contributed by atoms with Crippen LogP contribution in [0.5, 0.6) is 0 Å². The molecule has 0 saturated carbocycles. The average molecular weight is 302 g/mol. The van der Waals surface area contributed by atoms with Crippen LogP contribution in [0.2, 0.25) is 0 Å². The molecule has 0 heterocycles. The number of primary sulfonamides is 1. The molecule has 0 aliphatic heterocycles. The molecule has 6 heteroatoms. The van der Waals surface area contributed by atoms with E-state index in [1.54, 1.807) is 36.4 Å². The lowest BCUT2D eigenvalue weighted by Gasteiger charge is -2.08. The largest absolute Gasteiger partial charge is 0.228 e. The van der Waals surface area contributed by atoms with Gasteiger partial charge in [-0.3, -0.25) is 0 Å². The van der Waals surface area contributed by atoms with Gasteiger partial charge in [-0.15, -0.1) is 12.4 Å². The molecule has 19 heavy (non-hydrogen) atoms. The summed E-state index contributed by atoms with van der Waals surface area (Å²) in [5.74, 6) is -0.566. The number of halogens is 2. The molecule has 2 N–H and O–H groups in total. The molecule has 0 fully saturated rings. The van der Waals surface area contributed by atoms with Crippen molar-refractivity contribution >= 4 is 22.4 Å². The summed E-state index contributed by atoms with van der Waals surface area (Å²) in [6.07, 6.45) is 0. The lowest BCUT2D eigenvalue weighted by Crippen LogP contribution is -2.15. The number of rotatable bonds is 3. The molecule has 2 aromatic carbocycles. The van der Waals surface area contributed by atoms with Crippen molar-refractivity contribution < 1.29 is 12.8 Å². The molecule has 3 nitrogen and oxygen atoms in total.